The van der Waals surface area contributed by atoms with Gasteiger partial charge in [0.25, 0.3) is 0 Å². The normalized spacial score (nSPS) is 12.2. The molecule has 242 valence electrons. The van der Waals surface area contributed by atoms with E-state index in [4.69, 9.17) is 14.4 Å². The minimum Gasteiger partial charge on any atom is -0.456 e. The van der Waals surface area contributed by atoms with Crippen molar-refractivity contribution in [3.63, 3.8) is 0 Å². The maximum atomic E-state index is 6.15. The minimum absolute atomic E-state index is 0.889. The van der Waals surface area contributed by atoms with Crippen molar-refractivity contribution in [3.8, 4) is 22.5 Å². The van der Waals surface area contributed by atoms with Crippen LogP contribution in [0.5, 0.6) is 0 Å². The van der Waals surface area contributed by atoms with Gasteiger partial charge in [-0.3, -0.25) is 9.97 Å². The van der Waals surface area contributed by atoms with Crippen molar-refractivity contribution >= 4 is 97.3 Å². The Labute approximate surface area is 300 Å². The van der Waals surface area contributed by atoms with Gasteiger partial charge in [-0.05, 0) is 108 Å². The van der Waals surface area contributed by atoms with E-state index < -0.39 is 0 Å². The van der Waals surface area contributed by atoms with E-state index >= 15 is 0 Å². The van der Waals surface area contributed by atoms with Gasteiger partial charge in [0.05, 0.1) is 37.8 Å². The second-order valence-corrected chi connectivity index (χ2v) is 14.5. The fraction of sp³-hybridized carbons (Fsp3) is 0. The Balaban J connectivity index is 1.03. The molecule has 12 aromatic rings. The molecule has 0 fully saturated rings. The number of benzene rings is 6. The number of aromatic nitrogens is 4. The topological polar surface area (TPSA) is 48.8 Å². The highest BCUT2D eigenvalue weighted by atomic mass is 32.1. The molecule has 6 heteroatoms. The fourth-order valence-electron chi connectivity index (χ4n) is 8.30. The van der Waals surface area contributed by atoms with Crippen LogP contribution in [0.25, 0.3) is 108 Å². The van der Waals surface area contributed by atoms with Crippen LogP contribution in [0.15, 0.2) is 162 Å². The third-order valence-corrected chi connectivity index (χ3v) is 11.7. The van der Waals surface area contributed by atoms with Crippen LogP contribution < -0.4 is 0 Å². The summed E-state index contributed by atoms with van der Waals surface area (Å²) in [5.74, 6) is 0. The molecular weight excluding hydrogens is 657 g/mol. The van der Waals surface area contributed by atoms with Gasteiger partial charge < -0.3 is 13.6 Å². The van der Waals surface area contributed by atoms with E-state index in [1.807, 2.05) is 36.7 Å². The van der Waals surface area contributed by atoms with Crippen molar-refractivity contribution < 1.29 is 4.42 Å². The number of hydrogen-bond donors (Lipinski definition) is 0. The molecule has 0 N–H and O–H groups in total. The highest BCUT2D eigenvalue weighted by Gasteiger charge is 2.18. The number of fused-ring (bicyclic) bond motifs is 12. The quantitative estimate of drug-likeness (QED) is 0.186. The number of thiophene rings is 1. The average molecular weight is 683 g/mol. The highest BCUT2D eigenvalue weighted by Crippen LogP contribution is 2.40. The smallest absolute Gasteiger partial charge is 0.135 e. The van der Waals surface area contributed by atoms with Crippen molar-refractivity contribution in [2.75, 3.05) is 0 Å². The SMILES string of the molecule is c1ccc2c(c1)oc1ccc(-n3c4ccc(-c5ccc6c(c5)c5ccccc5n6-c5ccc6sc7cccnc7c6c5)cc4c4ncccc43)cc12. The van der Waals surface area contributed by atoms with Gasteiger partial charge in [0.2, 0.25) is 0 Å². The first-order valence-corrected chi connectivity index (χ1v) is 18.2. The van der Waals surface area contributed by atoms with E-state index in [1.165, 1.54) is 42.2 Å². The van der Waals surface area contributed by atoms with E-state index in [1.54, 1.807) is 11.3 Å². The number of furan rings is 1. The summed E-state index contributed by atoms with van der Waals surface area (Å²) in [6.07, 6.45) is 3.77. The largest absolute Gasteiger partial charge is 0.456 e. The summed E-state index contributed by atoms with van der Waals surface area (Å²) < 4.78 is 13.3. The molecule has 0 saturated carbocycles. The molecule has 0 aliphatic heterocycles. The van der Waals surface area contributed by atoms with Crippen LogP contribution in [0.2, 0.25) is 0 Å². The molecular formula is C46H26N4OS. The van der Waals surface area contributed by atoms with Crippen LogP contribution in [0, 0.1) is 0 Å². The predicted molar refractivity (Wildman–Crippen MR) is 216 cm³/mol. The number of rotatable bonds is 3. The summed E-state index contributed by atoms with van der Waals surface area (Å²) in [5, 5.41) is 7.00. The maximum Gasteiger partial charge on any atom is 0.135 e. The molecule has 0 bridgehead atoms. The molecule has 0 radical (unpaired) electrons. The van der Waals surface area contributed by atoms with Gasteiger partial charge in [0.15, 0.2) is 0 Å². The molecule has 6 aromatic carbocycles. The lowest BCUT2D eigenvalue weighted by atomic mass is 10.0. The van der Waals surface area contributed by atoms with Crippen LogP contribution in [0.4, 0.5) is 0 Å². The van der Waals surface area contributed by atoms with Gasteiger partial charge in [-0.2, -0.15) is 0 Å². The number of nitrogens with zero attached hydrogens (tertiary/aromatic N) is 4. The third kappa shape index (κ3) is 3.87. The number of para-hydroxylation sites is 2. The van der Waals surface area contributed by atoms with Gasteiger partial charge in [-0.1, -0.05) is 48.5 Å². The van der Waals surface area contributed by atoms with Crippen LogP contribution in [0.1, 0.15) is 0 Å². The monoisotopic (exact) mass is 682 g/mol. The highest BCUT2D eigenvalue weighted by molar-refractivity contribution is 7.25. The van der Waals surface area contributed by atoms with Gasteiger partial charge >= 0.3 is 0 Å². The first-order valence-electron chi connectivity index (χ1n) is 17.4. The second-order valence-electron chi connectivity index (χ2n) is 13.4. The van der Waals surface area contributed by atoms with E-state index in [0.717, 1.165) is 66.3 Å². The zero-order valence-electron chi connectivity index (χ0n) is 27.6. The Morgan fingerprint density at radius 1 is 0.404 bits per heavy atom. The van der Waals surface area contributed by atoms with Crippen LogP contribution in [-0.4, -0.2) is 19.1 Å². The summed E-state index contributed by atoms with van der Waals surface area (Å²) in [6, 6.07) is 52.2. The van der Waals surface area contributed by atoms with Gasteiger partial charge in [-0.25, -0.2) is 0 Å². The van der Waals surface area contributed by atoms with Crippen molar-refractivity contribution in [1.29, 1.82) is 0 Å². The lowest BCUT2D eigenvalue weighted by Gasteiger charge is -2.10. The molecule has 12 rings (SSSR count). The van der Waals surface area contributed by atoms with Crippen LogP contribution in [0.3, 0.4) is 0 Å². The fourth-order valence-corrected chi connectivity index (χ4v) is 9.35. The first-order chi connectivity index (χ1) is 25.8. The zero-order valence-corrected chi connectivity index (χ0v) is 28.4. The standard InChI is InChI=1S/C46H26N4OS/c1-3-9-37-31(7-1)33-23-27(13-17-38(33)49(37)30-16-20-43-36(26-30)46-44(52-43)12-6-22-48-46)28-14-18-39-35(24-28)45-40(10-5-21-47-45)50(39)29-15-19-42-34(25-29)32-8-2-4-11-41(32)51-42/h1-26H. The molecule has 0 unspecified atom stereocenters. The van der Waals surface area contributed by atoms with Crippen LogP contribution in [-0.2, 0) is 0 Å². The third-order valence-electron chi connectivity index (χ3n) is 10.6. The first kappa shape index (κ1) is 28.0. The Bertz CT molecular complexity index is 3200. The summed E-state index contributed by atoms with van der Waals surface area (Å²) in [6.45, 7) is 0. The van der Waals surface area contributed by atoms with E-state index in [0.29, 0.717) is 0 Å². The molecule has 0 spiro atoms. The molecule has 6 heterocycles. The molecule has 6 aromatic heterocycles. The molecule has 0 aliphatic carbocycles. The van der Waals surface area contributed by atoms with Crippen molar-refractivity contribution in [1.82, 2.24) is 19.1 Å². The maximum absolute atomic E-state index is 6.15. The molecule has 0 atom stereocenters. The second kappa shape index (κ2) is 10.4. The Hall–Kier alpha value is -6.76. The van der Waals surface area contributed by atoms with Gasteiger partial charge in [-0.15, -0.1) is 11.3 Å². The molecule has 0 amide bonds. The average Bonchev–Trinajstić information content (AvgIpc) is 3.94. The minimum atomic E-state index is 0.889. The zero-order chi connectivity index (χ0) is 33.9. The Kier molecular flexibility index (Phi) is 5.59. The summed E-state index contributed by atoms with van der Waals surface area (Å²) in [4.78, 5) is 9.64. The Morgan fingerprint density at radius 2 is 1.04 bits per heavy atom. The van der Waals surface area contributed by atoms with Crippen molar-refractivity contribution in [2.45, 2.75) is 0 Å². The number of pyridine rings is 2. The van der Waals surface area contributed by atoms with Crippen molar-refractivity contribution in [2.24, 2.45) is 0 Å². The molecule has 0 aliphatic rings. The number of hydrogen-bond acceptors (Lipinski definition) is 4. The van der Waals surface area contributed by atoms with Crippen molar-refractivity contribution in [3.05, 3.63) is 158 Å². The molecule has 52 heavy (non-hydrogen) atoms. The van der Waals surface area contributed by atoms with Crippen LogP contribution >= 0.6 is 11.3 Å². The van der Waals surface area contributed by atoms with Gasteiger partial charge in [0.1, 0.15) is 11.2 Å². The molecule has 5 nitrogen and oxygen atoms in total. The molecule has 0 saturated heterocycles. The Morgan fingerprint density at radius 3 is 1.92 bits per heavy atom. The predicted octanol–water partition coefficient (Wildman–Crippen LogP) is 12.6. The van der Waals surface area contributed by atoms with E-state index in [2.05, 4.69) is 130 Å². The lowest BCUT2D eigenvalue weighted by Crippen LogP contribution is -1.94. The lowest BCUT2D eigenvalue weighted by molar-refractivity contribution is 0.669. The summed E-state index contributed by atoms with van der Waals surface area (Å²) >= 11 is 1.80. The summed E-state index contributed by atoms with van der Waals surface area (Å²) in [7, 11) is 0. The van der Waals surface area contributed by atoms with E-state index in [9.17, 15) is 0 Å². The summed E-state index contributed by atoms with van der Waals surface area (Å²) in [5.41, 5.74) is 12.9. The van der Waals surface area contributed by atoms with Gasteiger partial charge in [0, 0.05) is 60.8 Å². The van der Waals surface area contributed by atoms with E-state index in [-0.39, 0.29) is 0 Å².